The number of unbranched alkanes of at least 4 members (excludes halogenated alkanes) is 1. The van der Waals surface area contributed by atoms with Crippen molar-refractivity contribution in [1.82, 2.24) is 14.3 Å². The first-order valence-corrected chi connectivity index (χ1v) is 7.02. The molecule has 0 aliphatic heterocycles. The number of aromatic nitrogens is 2. The topological polar surface area (TPSA) is 37.6 Å². The molecule has 0 fully saturated rings. The van der Waals surface area contributed by atoms with Crippen molar-refractivity contribution in [2.24, 2.45) is 0 Å². The highest BCUT2D eigenvalue weighted by atomic mass is 19.1. The summed E-state index contributed by atoms with van der Waals surface area (Å²) in [6.45, 7) is 7.18. The maximum Gasteiger partial charge on any atom is 0.272 e. The molecule has 0 N–H and O–H groups in total. The monoisotopic (exact) mass is 277 g/mol. The highest BCUT2D eigenvalue weighted by Crippen LogP contribution is 2.15. The summed E-state index contributed by atoms with van der Waals surface area (Å²) in [5, 5.41) is 0. The number of amides is 1. The first-order chi connectivity index (χ1) is 9.58. The summed E-state index contributed by atoms with van der Waals surface area (Å²) in [6.07, 6.45) is 3.31. The molecule has 1 amide bonds. The van der Waals surface area contributed by atoms with Gasteiger partial charge in [-0.3, -0.25) is 9.20 Å². The van der Waals surface area contributed by atoms with E-state index in [-0.39, 0.29) is 11.7 Å². The molecule has 20 heavy (non-hydrogen) atoms. The number of hydrogen-bond donors (Lipinski definition) is 0. The maximum atomic E-state index is 13.4. The molecule has 0 bridgehead atoms. The van der Waals surface area contributed by atoms with E-state index in [0.29, 0.717) is 30.1 Å². The van der Waals surface area contributed by atoms with Gasteiger partial charge in [0.25, 0.3) is 5.91 Å². The number of hydrogen-bond acceptors (Lipinski definition) is 2. The van der Waals surface area contributed by atoms with E-state index in [1.165, 1.54) is 12.3 Å². The van der Waals surface area contributed by atoms with Crippen LogP contribution in [-0.4, -0.2) is 33.3 Å². The van der Waals surface area contributed by atoms with Crippen LogP contribution in [0.15, 0.2) is 18.3 Å². The molecule has 0 spiro atoms. The minimum absolute atomic E-state index is 0.0865. The average molecular weight is 277 g/mol. The molecule has 2 heterocycles. The lowest BCUT2D eigenvalue weighted by Gasteiger charge is -2.20. The van der Waals surface area contributed by atoms with Gasteiger partial charge in [0.05, 0.1) is 5.69 Å². The van der Waals surface area contributed by atoms with Gasteiger partial charge in [0.15, 0.2) is 0 Å². The number of carbonyl (C=O) groups excluding carboxylic acids is 1. The number of nitrogens with zero attached hydrogens (tertiary/aromatic N) is 3. The molecule has 108 valence electrons. The van der Waals surface area contributed by atoms with Crippen LogP contribution in [0.1, 0.15) is 42.9 Å². The lowest BCUT2D eigenvalue weighted by Crippen LogP contribution is -2.33. The summed E-state index contributed by atoms with van der Waals surface area (Å²) in [5.74, 6) is -0.461. The zero-order chi connectivity index (χ0) is 14.7. The molecule has 0 aliphatic rings. The Bertz CT molecular complexity index is 621. The first kappa shape index (κ1) is 14.5. The summed E-state index contributed by atoms with van der Waals surface area (Å²) < 4.78 is 14.9. The van der Waals surface area contributed by atoms with Crippen molar-refractivity contribution in [3.05, 3.63) is 35.5 Å². The van der Waals surface area contributed by atoms with Crippen molar-refractivity contribution in [2.45, 2.75) is 33.6 Å². The van der Waals surface area contributed by atoms with Gasteiger partial charge in [-0.05, 0) is 32.4 Å². The third kappa shape index (κ3) is 2.66. The van der Waals surface area contributed by atoms with Crippen molar-refractivity contribution in [2.75, 3.05) is 13.1 Å². The molecule has 5 heteroatoms. The van der Waals surface area contributed by atoms with Crippen molar-refractivity contribution < 1.29 is 9.18 Å². The zero-order valence-electron chi connectivity index (χ0n) is 12.2. The van der Waals surface area contributed by atoms with Gasteiger partial charge in [-0.25, -0.2) is 9.37 Å². The molecule has 0 aromatic carbocycles. The number of fused-ring (bicyclic) bond motifs is 1. The Morgan fingerprint density at radius 2 is 2.15 bits per heavy atom. The second-order valence-corrected chi connectivity index (χ2v) is 4.86. The van der Waals surface area contributed by atoms with Gasteiger partial charge in [-0.15, -0.1) is 0 Å². The number of aryl methyl sites for hydroxylation is 1. The molecule has 0 saturated heterocycles. The van der Waals surface area contributed by atoms with E-state index >= 15 is 0 Å². The molecular weight excluding hydrogens is 257 g/mol. The Hall–Kier alpha value is -1.91. The molecule has 0 radical (unpaired) electrons. The van der Waals surface area contributed by atoms with Gasteiger partial charge in [0.2, 0.25) is 0 Å². The fourth-order valence-corrected chi connectivity index (χ4v) is 2.30. The Morgan fingerprint density at radius 1 is 1.40 bits per heavy atom. The van der Waals surface area contributed by atoms with Crippen LogP contribution in [0.4, 0.5) is 4.39 Å². The van der Waals surface area contributed by atoms with Crippen molar-refractivity contribution >= 4 is 11.6 Å². The van der Waals surface area contributed by atoms with E-state index in [1.54, 1.807) is 22.3 Å². The van der Waals surface area contributed by atoms with Gasteiger partial charge >= 0.3 is 0 Å². The van der Waals surface area contributed by atoms with Gasteiger partial charge in [-0.2, -0.15) is 0 Å². The molecule has 2 rings (SSSR count). The fourth-order valence-electron chi connectivity index (χ4n) is 2.30. The Morgan fingerprint density at radius 3 is 2.80 bits per heavy atom. The molecule has 2 aromatic rings. The molecule has 0 aliphatic carbocycles. The summed E-state index contributed by atoms with van der Waals surface area (Å²) in [7, 11) is 0. The van der Waals surface area contributed by atoms with Crippen LogP contribution >= 0.6 is 0 Å². The third-order valence-electron chi connectivity index (χ3n) is 3.41. The minimum Gasteiger partial charge on any atom is -0.338 e. The van der Waals surface area contributed by atoms with Crippen molar-refractivity contribution in [1.29, 1.82) is 0 Å². The quantitative estimate of drug-likeness (QED) is 0.842. The SMILES string of the molecule is CCCCN(CC)C(=O)c1c(C)nc2ccc(F)cn12. The third-order valence-corrected chi connectivity index (χ3v) is 3.41. The summed E-state index contributed by atoms with van der Waals surface area (Å²) in [5.41, 5.74) is 1.69. The molecule has 2 aromatic heterocycles. The van der Waals surface area contributed by atoms with Gasteiger partial charge < -0.3 is 4.90 Å². The predicted octanol–water partition coefficient (Wildman–Crippen LogP) is 3.04. The van der Waals surface area contributed by atoms with E-state index < -0.39 is 0 Å². The lowest BCUT2D eigenvalue weighted by atomic mass is 10.2. The number of pyridine rings is 1. The normalized spacial score (nSPS) is 11.0. The Labute approximate surface area is 118 Å². The van der Waals surface area contributed by atoms with E-state index in [1.807, 2.05) is 6.92 Å². The van der Waals surface area contributed by atoms with Crippen LogP contribution in [0.2, 0.25) is 0 Å². The minimum atomic E-state index is -0.374. The van der Waals surface area contributed by atoms with Crippen LogP contribution in [0.3, 0.4) is 0 Å². The van der Waals surface area contributed by atoms with Gasteiger partial charge in [0, 0.05) is 19.3 Å². The van der Waals surface area contributed by atoms with Crippen LogP contribution in [0.5, 0.6) is 0 Å². The standard InChI is InChI=1S/C15H20FN3O/c1-4-6-9-18(5-2)15(20)14-11(3)17-13-8-7-12(16)10-19(13)14/h7-8,10H,4-6,9H2,1-3H3. The average Bonchev–Trinajstić information content (AvgIpc) is 2.74. The number of rotatable bonds is 5. The fraction of sp³-hybridized carbons (Fsp3) is 0.467. The zero-order valence-corrected chi connectivity index (χ0v) is 12.2. The van der Waals surface area contributed by atoms with E-state index in [9.17, 15) is 9.18 Å². The number of halogens is 1. The van der Waals surface area contributed by atoms with Crippen LogP contribution in [-0.2, 0) is 0 Å². The van der Waals surface area contributed by atoms with Crippen molar-refractivity contribution in [3.8, 4) is 0 Å². The Balaban J connectivity index is 2.42. The smallest absolute Gasteiger partial charge is 0.272 e. The van der Waals surface area contributed by atoms with Crippen molar-refractivity contribution in [3.63, 3.8) is 0 Å². The highest BCUT2D eigenvalue weighted by molar-refractivity contribution is 5.94. The second-order valence-electron chi connectivity index (χ2n) is 4.86. The van der Waals surface area contributed by atoms with E-state index in [4.69, 9.17) is 0 Å². The molecule has 0 atom stereocenters. The highest BCUT2D eigenvalue weighted by Gasteiger charge is 2.21. The first-order valence-electron chi connectivity index (χ1n) is 7.02. The van der Waals surface area contributed by atoms with E-state index in [2.05, 4.69) is 11.9 Å². The molecular formula is C15H20FN3O. The van der Waals surface area contributed by atoms with Crippen LogP contribution in [0.25, 0.3) is 5.65 Å². The molecule has 0 saturated carbocycles. The summed E-state index contributed by atoms with van der Waals surface area (Å²) in [6, 6.07) is 2.94. The van der Waals surface area contributed by atoms with E-state index in [0.717, 1.165) is 12.8 Å². The van der Waals surface area contributed by atoms with Gasteiger partial charge in [-0.1, -0.05) is 13.3 Å². The Kier molecular flexibility index (Phi) is 4.37. The molecule has 4 nitrogen and oxygen atoms in total. The number of carbonyl (C=O) groups is 1. The predicted molar refractivity (Wildman–Crippen MR) is 76.4 cm³/mol. The van der Waals surface area contributed by atoms with Crippen LogP contribution < -0.4 is 0 Å². The molecule has 0 unspecified atom stereocenters. The lowest BCUT2D eigenvalue weighted by molar-refractivity contribution is 0.0754. The largest absolute Gasteiger partial charge is 0.338 e. The second kappa shape index (κ2) is 6.03. The summed E-state index contributed by atoms with van der Waals surface area (Å²) in [4.78, 5) is 18.7. The van der Waals surface area contributed by atoms with Gasteiger partial charge in [0.1, 0.15) is 17.2 Å². The number of imidazole rings is 1. The summed E-state index contributed by atoms with van der Waals surface area (Å²) >= 11 is 0. The maximum absolute atomic E-state index is 13.4. The van der Waals surface area contributed by atoms with Crippen LogP contribution in [0, 0.1) is 12.7 Å².